The van der Waals surface area contributed by atoms with Crippen LogP contribution in [0.4, 0.5) is 0 Å². The molecule has 0 fully saturated rings. The minimum Gasteiger partial charge on any atom is -0.390 e. The van der Waals surface area contributed by atoms with Crippen molar-refractivity contribution in [2.75, 3.05) is 13.1 Å². The van der Waals surface area contributed by atoms with Gasteiger partial charge in [-0.3, -0.25) is 14.5 Å². The number of hydrogen-bond acceptors (Lipinski definition) is 4. The minimum atomic E-state index is -0.867. The first kappa shape index (κ1) is 11.8. The maximum atomic E-state index is 12.0. The van der Waals surface area contributed by atoms with Crippen molar-refractivity contribution in [1.82, 2.24) is 4.90 Å². The van der Waals surface area contributed by atoms with Crippen molar-refractivity contribution in [3.8, 4) is 0 Å². The number of aliphatic hydroxyl groups is 1. The molecule has 0 bridgehead atoms. The number of nitrogens with two attached hydrogens (primary N) is 1. The largest absolute Gasteiger partial charge is 0.390 e. The summed E-state index contributed by atoms with van der Waals surface area (Å²) in [5, 5.41) is 9.42. The second-order valence-electron chi connectivity index (χ2n) is 4.03. The number of imide groups is 1. The summed E-state index contributed by atoms with van der Waals surface area (Å²) in [6, 6.07) is 7.00. The van der Waals surface area contributed by atoms with E-state index in [1.54, 1.807) is 24.3 Å². The number of carbonyl (C=O) groups excluding carboxylic acids is 2. The highest BCUT2D eigenvalue weighted by Crippen LogP contribution is 2.19. The first-order valence-corrected chi connectivity index (χ1v) is 5.44. The first-order chi connectivity index (χ1) is 8.13. The lowest BCUT2D eigenvalue weighted by atomic mass is 9.98. The van der Waals surface area contributed by atoms with Crippen LogP contribution in [0.3, 0.4) is 0 Å². The predicted molar refractivity (Wildman–Crippen MR) is 61.3 cm³/mol. The zero-order valence-corrected chi connectivity index (χ0v) is 9.30. The molecule has 1 heterocycles. The van der Waals surface area contributed by atoms with E-state index in [4.69, 9.17) is 5.73 Å². The lowest BCUT2D eigenvalue weighted by Gasteiger charge is -2.28. The van der Waals surface area contributed by atoms with E-state index in [-0.39, 0.29) is 31.3 Å². The molecule has 90 valence electrons. The van der Waals surface area contributed by atoms with Crippen LogP contribution in [0.5, 0.6) is 0 Å². The van der Waals surface area contributed by atoms with Crippen LogP contribution >= 0.6 is 0 Å². The quantitative estimate of drug-likeness (QED) is 0.693. The molecule has 1 atom stereocenters. The number of carbonyl (C=O) groups is 2. The van der Waals surface area contributed by atoms with Crippen molar-refractivity contribution in [3.05, 3.63) is 35.4 Å². The molecule has 5 nitrogen and oxygen atoms in total. The highest BCUT2D eigenvalue weighted by Gasteiger charge is 2.31. The van der Waals surface area contributed by atoms with Crippen LogP contribution in [0.1, 0.15) is 15.9 Å². The Hall–Kier alpha value is -1.72. The molecule has 1 aromatic carbocycles. The SMILES string of the molecule is NCC(O)CN1C(=O)Cc2ccccc2C1=O. The Balaban J connectivity index is 2.27. The standard InChI is InChI=1S/C12H14N2O3/c13-6-9(15)7-14-11(16)5-8-3-1-2-4-10(8)12(14)17/h1-4,9,15H,5-7,13H2. The summed E-state index contributed by atoms with van der Waals surface area (Å²) in [5.41, 5.74) is 6.54. The van der Waals surface area contributed by atoms with Gasteiger partial charge in [-0.1, -0.05) is 18.2 Å². The third-order valence-corrected chi connectivity index (χ3v) is 2.80. The minimum absolute atomic E-state index is 0.0265. The van der Waals surface area contributed by atoms with Gasteiger partial charge in [0, 0.05) is 12.1 Å². The molecule has 0 spiro atoms. The van der Waals surface area contributed by atoms with Gasteiger partial charge in [0.1, 0.15) is 0 Å². The molecule has 0 saturated heterocycles. The van der Waals surface area contributed by atoms with E-state index in [0.29, 0.717) is 5.56 Å². The number of nitrogens with zero attached hydrogens (tertiary/aromatic N) is 1. The lowest BCUT2D eigenvalue weighted by molar-refractivity contribution is -0.129. The summed E-state index contributed by atoms with van der Waals surface area (Å²) in [6.07, 6.45) is -0.674. The fourth-order valence-electron chi connectivity index (χ4n) is 1.87. The zero-order valence-electron chi connectivity index (χ0n) is 9.30. The number of β-amino-alcohol motifs (C(OH)–C–C–N with tert-alkyl or cyclic N) is 1. The monoisotopic (exact) mass is 234 g/mol. The van der Waals surface area contributed by atoms with Gasteiger partial charge in [0.05, 0.1) is 19.1 Å². The fraction of sp³-hybridized carbons (Fsp3) is 0.333. The van der Waals surface area contributed by atoms with Crippen LogP contribution in [-0.4, -0.2) is 41.0 Å². The van der Waals surface area contributed by atoms with E-state index in [9.17, 15) is 14.7 Å². The fourth-order valence-corrected chi connectivity index (χ4v) is 1.87. The maximum absolute atomic E-state index is 12.0. The van der Waals surface area contributed by atoms with Crippen LogP contribution in [0.2, 0.25) is 0 Å². The Morgan fingerprint density at radius 3 is 2.76 bits per heavy atom. The summed E-state index contributed by atoms with van der Waals surface area (Å²) in [7, 11) is 0. The first-order valence-electron chi connectivity index (χ1n) is 5.44. The molecular weight excluding hydrogens is 220 g/mol. The molecule has 5 heteroatoms. The third-order valence-electron chi connectivity index (χ3n) is 2.80. The number of amides is 2. The van der Waals surface area contributed by atoms with Crippen LogP contribution in [-0.2, 0) is 11.2 Å². The highest BCUT2D eigenvalue weighted by molar-refractivity contribution is 6.09. The van der Waals surface area contributed by atoms with Crippen LogP contribution < -0.4 is 5.73 Å². The summed E-state index contributed by atoms with van der Waals surface area (Å²) in [6.45, 7) is -0.0127. The van der Waals surface area contributed by atoms with Crippen LogP contribution in [0.25, 0.3) is 0 Å². The molecule has 1 aromatic rings. The van der Waals surface area contributed by atoms with Gasteiger partial charge in [0.2, 0.25) is 5.91 Å². The van der Waals surface area contributed by atoms with Gasteiger partial charge in [-0.25, -0.2) is 0 Å². The molecule has 0 radical (unpaired) electrons. The molecule has 17 heavy (non-hydrogen) atoms. The van der Waals surface area contributed by atoms with Gasteiger partial charge in [0.25, 0.3) is 5.91 Å². The lowest BCUT2D eigenvalue weighted by Crippen LogP contribution is -2.47. The summed E-state index contributed by atoms with van der Waals surface area (Å²) in [4.78, 5) is 24.9. The number of aliphatic hydroxyl groups excluding tert-OH is 1. The highest BCUT2D eigenvalue weighted by atomic mass is 16.3. The van der Waals surface area contributed by atoms with E-state index in [1.807, 2.05) is 0 Å². The van der Waals surface area contributed by atoms with Crippen molar-refractivity contribution in [2.45, 2.75) is 12.5 Å². The van der Waals surface area contributed by atoms with Gasteiger partial charge >= 0.3 is 0 Å². The maximum Gasteiger partial charge on any atom is 0.260 e. The Morgan fingerprint density at radius 2 is 2.06 bits per heavy atom. The number of rotatable bonds is 3. The summed E-state index contributed by atoms with van der Waals surface area (Å²) >= 11 is 0. The van der Waals surface area contributed by atoms with Crippen molar-refractivity contribution in [3.63, 3.8) is 0 Å². The Bertz CT molecular complexity index is 459. The van der Waals surface area contributed by atoms with E-state index < -0.39 is 6.10 Å². The molecule has 0 saturated carbocycles. The molecular formula is C12H14N2O3. The van der Waals surface area contributed by atoms with Gasteiger partial charge in [0.15, 0.2) is 0 Å². The van der Waals surface area contributed by atoms with Crippen molar-refractivity contribution in [1.29, 1.82) is 0 Å². The molecule has 1 unspecified atom stereocenters. The number of fused-ring (bicyclic) bond motifs is 1. The zero-order chi connectivity index (χ0) is 12.4. The van der Waals surface area contributed by atoms with E-state index in [0.717, 1.165) is 10.5 Å². The average molecular weight is 234 g/mol. The molecule has 2 rings (SSSR count). The van der Waals surface area contributed by atoms with Gasteiger partial charge in [-0.05, 0) is 11.6 Å². The van der Waals surface area contributed by atoms with Gasteiger partial charge in [-0.2, -0.15) is 0 Å². The van der Waals surface area contributed by atoms with E-state index >= 15 is 0 Å². The smallest absolute Gasteiger partial charge is 0.260 e. The molecule has 0 aliphatic carbocycles. The second-order valence-corrected chi connectivity index (χ2v) is 4.03. The third kappa shape index (κ3) is 2.20. The summed E-state index contributed by atoms with van der Waals surface area (Å²) < 4.78 is 0. The molecule has 1 aliphatic rings. The van der Waals surface area contributed by atoms with Crippen LogP contribution in [0.15, 0.2) is 24.3 Å². The second kappa shape index (κ2) is 4.65. The topological polar surface area (TPSA) is 83.6 Å². The Kier molecular flexibility index (Phi) is 3.21. The van der Waals surface area contributed by atoms with Crippen LogP contribution in [0, 0.1) is 0 Å². The van der Waals surface area contributed by atoms with E-state index in [1.165, 1.54) is 0 Å². The molecule has 3 N–H and O–H groups in total. The predicted octanol–water partition coefficient (Wildman–Crippen LogP) is -0.469. The molecule has 2 amide bonds. The number of hydrogen-bond donors (Lipinski definition) is 2. The van der Waals surface area contributed by atoms with Gasteiger partial charge in [-0.15, -0.1) is 0 Å². The Labute approximate surface area is 98.8 Å². The number of benzene rings is 1. The summed E-state index contributed by atoms with van der Waals surface area (Å²) in [5.74, 6) is -0.648. The average Bonchev–Trinajstić information content (AvgIpc) is 2.34. The molecule has 0 aromatic heterocycles. The van der Waals surface area contributed by atoms with Crippen molar-refractivity contribution >= 4 is 11.8 Å². The normalized spacial score (nSPS) is 16.9. The van der Waals surface area contributed by atoms with Crippen molar-refractivity contribution < 1.29 is 14.7 Å². The van der Waals surface area contributed by atoms with E-state index in [2.05, 4.69) is 0 Å². The Morgan fingerprint density at radius 1 is 1.35 bits per heavy atom. The van der Waals surface area contributed by atoms with Crippen molar-refractivity contribution in [2.24, 2.45) is 5.73 Å². The van der Waals surface area contributed by atoms with Gasteiger partial charge < -0.3 is 10.8 Å². The molecule has 1 aliphatic heterocycles.